The van der Waals surface area contributed by atoms with Gasteiger partial charge in [-0.05, 0) is 97.3 Å². The minimum Gasteiger partial charge on any atom is -0.508 e. The fourth-order valence-electron chi connectivity index (χ4n) is 8.74. The van der Waals surface area contributed by atoms with Crippen LogP contribution in [0.5, 0.6) is 5.75 Å². The maximum atomic E-state index is 17.0. The minimum atomic E-state index is -0.883. The Morgan fingerprint density at radius 3 is 2.69 bits per heavy atom. The molecule has 5 heterocycles. The minimum absolute atomic E-state index is 0.0439. The number of alkyl halides is 1. The molecule has 0 aliphatic carbocycles. The molecule has 2 N–H and O–H groups in total. The molecule has 0 saturated carbocycles. The van der Waals surface area contributed by atoms with Gasteiger partial charge in [-0.1, -0.05) is 25.1 Å². The van der Waals surface area contributed by atoms with Crippen LogP contribution in [0.4, 0.5) is 19.0 Å². The maximum absolute atomic E-state index is 17.0. The molecule has 4 aromatic rings. The van der Waals surface area contributed by atoms with Gasteiger partial charge in [-0.25, -0.2) is 23.1 Å². The highest BCUT2D eigenvalue weighted by Gasteiger charge is 2.49. The molecule has 1 aromatic heterocycles. The van der Waals surface area contributed by atoms with Crippen LogP contribution in [0.1, 0.15) is 57.3 Å². The smallest absolute Gasteiger partial charge is 0.160 e. The van der Waals surface area contributed by atoms with Gasteiger partial charge in [0.15, 0.2) is 11.6 Å². The van der Waals surface area contributed by atoms with E-state index in [1.807, 2.05) is 38.1 Å². The van der Waals surface area contributed by atoms with Crippen molar-refractivity contribution in [2.75, 3.05) is 31.1 Å². The van der Waals surface area contributed by atoms with Crippen molar-refractivity contribution < 1.29 is 18.3 Å². The van der Waals surface area contributed by atoms with E-state index in [4.69, 9.17) is 9.97 Å². The van der Waals surface area contributed by atoms with Crippen LogP contribution in [0, 0.1) is 11.6 Å². The van der Waals surface area contributed by atoms with Crippen LogP contribution in [0.25, 0.3) is 38.9 Å². The molecule has 4 fully saturated rings. The van der Waals surface area contributed by atoms with E-state index in [2.05, 4.69) is 15.1 Å². The van der Waals surface area contributed by atoms with Gasteiger partial charge in [0, 0.05) is 49.1 Å². The van der Waals surface area contributed by atoms with E-state index in [-0.39, 0.29) is 22.4 Å². The van der Waals surface area contributed by atoms with Crippen molar-refractivity contribution in [1.82, 2.24) is 20.2 Å². The monoisotopic (exact) mass is 613 g/mol. The number of nitrogens with one attached hydrogen (secondary N) is 1. The van der Waals surface area contributed by atoms with E-state index in [0.717, 1.165) is 43.4 Å². The normalized spacial score (nSPS) is 26.8. The summed E-state index contributed by atoms with van der Waals surface area (Å²) in [6.45, 7) is 6.66. The van der Waals surface area contributed by atoms with Gasteiger partial charge in [0.1, 0.15) is 29.1 Å². The molecule has 4 aliphatic heterocycles. The zero-order valence-electron chi connectivity index (χ0n) is 25.7. The highest BCUT2D eigenvalue weighted by Crippen LogP contribution is 2.46. The average Bonchev–Trinajstić information content (AvgIpc) is 3.67. The number of fused-ring (bicyclic) bond motifs is 5. The zero-order valence-corrected chi connectivity index (χ0v) is 25.7. The summed E-state index contributed by atoms with van der Waals surface area (Å²) in [6.07, 6.45) is 6.07. The van der Waals surface area contributed by atoms with Crippen LogP contribution in [-0.4, -0.2) is 69.9 Å². The number of piperazine rings is 1. The lowest BCUT2D eigenvalue weighted by molar-refractivity contribution is 0.235. The molecule has 2 bridgehead atoms. The highest BCUT2D eigenvalue weighted by molar-refractivity contribution is 6.03. The Kier molecular flexibility index (Phi) is 6.84. The van der Waals surface area contributed by atoms with Crippen molar-refractivity contribution in [2.24, 2.45) is 0 Å². The standard InChI is InChI=1S/C36H38F3N5O/c1-3-21-6-4-7-22-13-26(45)14-27(31(21)22)32-29(38)15-28-34(33(32)39)41-30(42-35(28)43-18-24-8-9-25(19-43)40-24)12-20(2)36-10-5-11-44(36)17-23(37)16-36/h4,6-7,12-15,23-25,40,45H,3,5,8-11,16-19H2,1-2H3/b20-12+/t23-,24?,25?,36+/m1/s1. The van der Waals surface area contributed by atoms with Gasteiger partial charge >= 0.3 is 0 Å². The third-order valence-corrected chi connectivity index (χ3v) is 10.8. The van der Waals surface area contributed by atoms with E-state index < -0.39 is 17.8 Å². The second-order valence-electron chi connectivity index (χ2n) is 13.5. The molecule has 4 saturated heterocycles. The first-order valence-corrected chi connectivity index (χ1v) is 16.3. The molecule has 0 amide bonds. The summed E-state index contributed by atoms with van der Waals surface area (Å²) in [7, 11) is 0. The zero-order chi connectivity index (χ0) is 31.0. The number of nitrogens with zero attached hydrogens (tertiary/aromatic N) is 4. The van der Waals surface area contributed by atoms with Crippen LogP contribution >= 0.6 is 0 Å². The summed E-state index contributed by atoms with van der Waals surface area (Å²) in [5.41, 5.74) is 1.66. The number of halogens is 3. The summed E-state index contributed by atoms with van der Waals surface area (Å²) >= 11 is 0. The molecule has 4 aliphatic rings. The molecule has 8 rings (SSSR count). The molecular weight excluding hydrogens is 575 g/mol. The lowest BCUT2D eigenvalue weighted by Gasteiger charge is -2.35. The van der Waals surface area contributed by atoms with Crippen molar-refractivity contribution in [3.63, 3.8) is 0 Å². The van der Waals surface area contributed by atoms with Gasteiger partial charge in [0.2, 0.25) is 0 Å². The van der Waals surface area contributed by atoms with E-state index in [9.17, 15) is 9.50 Å². The fourth-order valence-corrected chi connectivity index (χ4v) is 8.74. The van der Waals surface area contributed by atoms with Crippen LogP contribution < -0.4 is 10.2 Å². The molecule has 9 heteroatoms. The largest absolute Gasteiger partial charge is 0.508 e. The Balaban J connectivity index is 1.35. The van der Waals surface area contributed by atoms with Crippen molar-refractivity contribution >= 4 is 33.6 Å². The molecular formula is C36H38F3N5O. The summed E-state index contributed by atoms with van der Waals surface area (Å²) in [5, 5.41) is 16.0. The lowest BCUT2D eigenvalue weighted by Crippen LogP contribution is -2.51. The number of rotatable bonds is 5. The van der Waals surface area contributed by atoms with Crippen molar-refractivity contribution in [2.45, 2.75) is 76.2 Å². The second kappa shape index (κ2) is 10.7. The predicted molar refractivity (Wildman–Crippen MR) is 172 cm³/mol. The Labute approximate surface area is 261 Å². The van der Waals surface area contributed by atoms with Gasteiger partial charge in [0.25, 0.3) is 0 Å². The number of aromatic nitrogens is 2. The molecule has 234 valence electrons. The lowest BCUT2D eigenvalue weighted by atomic mass is 9.85. The van der Waals surface area contributed by atoms with Gasteiger partial charge in [-0.15, -0.1) is 0 Å². The number of benzene rings is 3. The number of aromatic hydroxyl groups is 1. The number of phenolic OH excluding ortho intramolecular Hbond substituents is 1. The Bertz CT molecular complexity index is 1870. The molecule has 4 atom stereocenters. The highest BCUT2D eigenvalue weighted by atomic mass is 19.1. The fraction of sp³-hybridized carbons (Fsp3) is 0.444. The maximum Gasteiger partial charge on any atom is 0.160 e. The number of anilines is 1. The SMILES string of the molecule is CCc1cccc2cc(O)cc(-c3c(F)cc4c(N5CC6CCC(C5)N6)nc(/C=C(\C)[C@@]56CCCN5C[C@H](F)C6)nc4c3F)c12. The summed E-state index contributed by atoms with van der Waals surface area (Å²) in [6, 6.07) is 10.7. The second-order valence-corrected chi connectivity index (χ2v) is 13.5. The van der Waals surface area contributed by atoms with Gasteiger partial charge in [-0.2, -0.15) is 0 Å². The molecule has 6 nitrogen and oxygen atoms in total. The van der Waals surface area contributed by atoms with E-state index in [1.54, 1.807) is 6.07 Å². The van der Waals surface area contributed by atoms with Gasteiger partial charge < -0.3 is 15.3 Å². The first-order valence-electron chi connectivity index (χ1n) is 16.3. The third-order valence-electron chi connectivity index (χ3n) is 10.8. The topological polar surface area (TPSA) is 64.5 Å². The van der Waals surface area contributed by atoms with Gasteiger partial charge in [-0.3, -0.25) is 4.90 Å². The molecule has 0 radical (unpaired) electrons. The average molecular weight is 614 g/mol. The van der Waals surface area contributed by atoms with Crippen LogP contribution in [0.3, 0.4) is 0 Å². The van der Waals surface area contributed by atoms with Crippen LogP contribution in [0.2, 0.25) is 0 Å². The third kappa shape index (κ3) is 4.61. The van der Waals surface area contributed by atoms with Crippen molar-refractivity contribution in [3.8, 4) is 16.9 Å². The number of aryl methyl sites for hydroxylation is 1. The molecule has 3 aromatic carbocycles. The number of phenols is 1. The van der Waals surface area contributed by atoms with E-state index in [1.165, 1.54) is 12.1 Å². The predicted octanol–water partition coefficient (Wildman–Crippen LogP) is 6.92. The van der Waals surface area contributed by atoms with Crippen LogP contribution in [-0.2, 0) is 6.42 Å². The van der Waals surface area contributed by atoms with Crippen molar-refractivity contribution in [1.29, 1.82) is 0 Å². The molecule has 45 heavy (non-hydrogen) atoms. The molecule has 0 spiro atoms. The van der Waals surface area contributed by atoms with Crippen LogP contribution in [0.15, 0.2) is 42.0 Å². The van der Waals surface area contributed by atoms with E-state index >= 15 is 8.78 Å². The Morgan fingerprint density at radius 1 is 1.11 bits per heavy atom. The molecule has 2 unspecified atom stereocenters. The number of hydrogen-bond donors (Lipinski definition) is 2. The Morgan fingerprint density at radius 2 is 1.91 bits per heavy atom. The quantitative estimate of drug-likeness (QED) is 0.255. The van der Waals surface area contributed by atoms with E-state index in [0.29, 0.717) is 77.9 Å². The Hall–Kier alpha value is -3.69. The summed E-state index contributed by atoms with van der Waals surface area (Å²) in [5.74, 6) is -0.696. The number of hydrogen-bond acceptors (Lipinski definition) is 6. The van der Waals surface area contributed by atoms with Gasteiger partial charge in [0.05, 0.1) is 5.56 Å². The summed E-state index contributed by atoms with van der Waals surface area (Å²) in [4.78, 5) is 14.1. The van der Waals surface area contributed by atoms with Crippen molar-refractivity contribution in [3.05, 3.63) is 65.0 Å². The first kappa shape index (κ1) is 28.8. The summed E-state index contributed by atoms with van der Waals surface area (Å²) < 4.78 is 48.0. The first-order chi connectivity index (χ1) is 21.7.